The number of benzene rings is 2. The summed E-state index contributed by atoms with van der Waals surface area (Å²) in [5.74, 6) is 0. The van der Waals surface area contributed by atoms with Crippen molar-refractivity contribution >= 4 is 32.9 Å². The summed E-state index contributed by atoms with van der Waals surface area (Å²) < 4.78 is 1.20. The van der Waals surface area contributed by atoms with Crippen LogP contribution in [-0.4, -0.2) is 27.7 Å². The third-order valence-corrected chi connectivity index (χ3v) is 4.10. The van der Waals surface area contributed by atoms with Crippen molar-refractivity contribution in [3.63, 3.8) is 0 Å². The van der Waals surface area contributed by atoms with E-state index in [0.717, 1.165) is 22.3 Å². The van der Waals surface area contributed by atoms with Crippen molar-refractivity contribution in [2.24, 2.45) is 0 Å². The predicted molar refractivity (Wildman–Crippen MR) is 95.8 cm³/mol. The number of rotatable bonds is 2. The van der Waals surface area contributed by atoms with Crippen molar-refractivity contribution in [2.75, 3.05) is 0 Å². The van der Waals surface area contributed by atoms with Gasteiger partial charge >= 0.3 is 144 Å². The van der Waals surface area contributed by atoms with Crippen LogP contribution < -0.4 is 4.24 Å². The quantitative estimate of drug-likeness (QED) is 0.525. The van der Waals surface area contributed by atoms with Crippen molar-refractivity contribution in [3.05, 3.63) is 79.1 Å². The molecular weight excluding hydrogens is 275 g/mol. The molecule has 2 heterocycles. The molecule has 2 aromatic carbocycles. The van der Waals surface area contributed by atoms with Crippen LogP contribution in [0.15, 0.2) is 79.1 Å². The molecule has 2 aromatic heterocycles. The van der Waals surface area contributed by atoms with Crippen molar-refractivity contribution in [3.8, 4) is 22.4 Å². The summed E-state index contributed by atoms with van der Waals surface area (Å²) in [6, 6.07) is 23.0. The van der Waals surface area contributed by atoms with E-state index >= 15 is 0 Å². The zero-order valence-corrected chi connectivity index (χ0v) is 12.9. The predicted octanol–water partition coefficient (Wildman–Crippen LogP) is 3.76. The van der Waals surface area contributed by atoms with Gasteiger partial charge in [0.15, 0.2) is 0 Å². The second kappa shape index (κ2) is 6.00. The van der Waals surface area contributed by atoms with Gasteiger partial charge in [-0.1, -0.05) is 0 Å². The van der Waals surface area contributed by atoms with Gasteiger partial charge in [0, 0.05) is 0 Å². The summed E-state index contributed by atoms with van der Waals surface area (Å²) in [7, 11) is 0. The van der Waals surface area contributed by atoms with Crippen LogP contribution in [0.5, 0.6) is 0 Å². The molecular formula is C20H13LiN2. The van der Waals surface area contributed by atoms with E-state index in [4.69, 9.17) is 4.98 Å². The fourth-order valence-electron chi connectivity index (χ4n) is 2.82. The molecule has 0 radical (unpaired) electrons. The Labute approximate surface area is 144 Å². The van der Waals surface area contributed by atoms with E-state index < -0.39 is 0 Å². The molecule has 0 aliphatic rings. The van der Waals surface area contributed by atoms with E-state index in [1.54, 1.807) is 6.20 Å². The Hall–Kier alpha value is -2.40. The molecule has 0 bridgehead atoms. The molecule has 104 valence electrons. The fourth-order valence-corrected chi connectivity index (χ4v) is 2.82. The SMILES string of the molecule is [Li][c]1cccc2ccc(-c3ccc(-c4cccnc4)cc3)nc12. The fraction of sp³-hybridized carbons (Fsp3) is 0. The summed E-state index contributed by atoms with van der Waals surface area (Å²) in [4.78, 5) is 9.01. The molecule has 0 N–H and O–H groups in total. The molecule has 0 spiro atoms. The van der Waals surface area contributed by atoms with E-state index in [1.807, 2.05) is 12.3 Å². The Morgan fingerprint density at radius 2 is 1.52 bits per heavy atom. The number of nitrogens with zero attached hydrogens (tertiary/aromatic N) is 2. The first-order valence-electron chi connectivity index (χ1n) is 7.68. The van der Waals surface area contributed by atoms with E-state index in [0.29, 0.717) is 0 Å². The van der Waals surface area contributed by atoms with Gasteiger partial charge in [0.2, 0.25) is 0 Å². The van der Waals surface area contributed by atoms with Crippen molar-refractivity contribution in [1.82, 2.24) is 9.97 Å². The molecule has 4 rings (SSSR count). The first-order valence-corrected chi connectivity index (χ1v) is 7.68. The number of aromatic nitrogens is 2. The van der Waals surface area contributed by atoms with Gasteiger partial charge in [0.05, 0.1) is 0 Å². The molecule has 0 fully saturated rings. The third kappa shape index (κ3) is 2.79. The Kier molecular flexibility index (Phi) is 3.71. The van der Waals surface area contributed by atoms with Crippen LogP contribution in [0.1, 0.15) is 0 Å². The normalized spacial score (nSPS) is 10.9. The maximum absolute atomic E-state index is 4.84. The molecule has 0 amide bonds. The van der Waals surface area contributed by atoms with Gasteiger partial charge in [0.25, 0.3) is 0 Å². The van der Waals surface area contributed by atoms with Gasteiger partial charge in [-0.25, -0.2) is 0 Å². The average Bonchev–Trinajstić information content (AvgIpc) is 2.63. The molecule has 0 unspecified atom stereocenters. The minimum absolute atomic E-state index is 1.00. The summed E-state index contributed by atoms with van der Waals surface area (Å²) in [5.41, 5.74) is 5.49. The zero-order valence-electron chi connectivity index (χ0n) is 12.9. The summed E-state index contributed by atoms with van der Waals surface area (Å²) in [5, 5.41) is 1.18. The first kappa shape index (κ1) is 14.2. The molecule has 0 saturated carbocycles. The van der Waals surface area contributed by atoms with Crippen molar-refractivity contribution in [1.29, 1.82) is 0 Å². The minimum atomic E-state index is 1.00. The summed E-state index contributed by atoms with van der Waals surface area (Å²) >= 11 is 2.10. The van der Waals surface area contributed by atoms with E-state index in [-0.39, 0.29) is 0 Å². The second-order valence-electron chi connectivity index (χ2n) is 5.66. The maximum atomic E-state index is 4.84. The van der Waals surface area contributed by atoms with Gasteiger partial charge in [-0.2, -0.15) is 0 Å². The van der Waals surface area contributed by atoms with Crippen LogP contribution in [0, 0.1) is 0 Å². The standard InChI is InChI=1S/C20H13N2.Li/c1-2-6-19-16(4-1)11-12-20(22-19)17-9-7-15(8-10-17)18-5-3-13-21-14-18;/h1-5,7-14H;. The van der Waals surface area contributed by atoms with Gasteiger partial charge in [0.1, 0.15) is 0 Å². The molecule has 2 nitrogen and oxygen atoms in total. The third-order valence-electron chi connectivity index (χ3n) is 4.10. The van der Waals surface area contributed by atoms with Crippen LogP contribution in [0.2, 0.25) is 0 Å². The van der Waals surface area contributed by atoms with Crippen LogP contribution in [0.4, 0.5) is 0 Å². The van der Waals surface area contributed by atoms with Gasteiger partial charge in [-0.05, 0) is 0 Å². The number of fused-ring (bicyclic) bond motifs is 1. The van der Waals surface area contributed by atoms with Crippen LogP contribution in [0.25, 0.3) is 33.3 Å². The topological polar surface area (TPSA) is 25.8 Å². The molecule has 3 heteroatoms. The Bertz CT molecular complexity index is 964. The van der Waals surface area contributed by atoms with Crippen LogP contribution in [0.3, 0.4) is 0 Å². The number of para-hydroxylation sites is 1. The van der Waals surface area contributed by atoms with E-state index in [9.17, 15) is 0 Å². The van der Waals surface area contributed by atoms with Crippen molar-refractivity contribution < 1.29 is 0 Å². The van der Waals surface area contributed by atoms with E-state index in [2.05, 4.69) is 83.4 Å². The summed E-state index contributed by atoms with van der Waals surface area (Å²) in [6.07, 6.45) is 3.67. The molecule has 0 atom stereocenters. The Morgan fingerprint density at radius 3 is 2.30 bits per heavy atom. The van der Waals surface area contributed by atoms with Gasteiger partial charge in [-0.3, -0.25) is 0 Å². The van der Waals surface area contributed by atoms with Crippen molar-refractivity contribution in [2.45, 2.75) is 0 Å². The molecule has 0 saturated heterocycles. The molecule has 23 heavy (non-hydrogen) atoms. The summed E-state index contributed by atoms with van der Waals surface area (Å²) in [6.45, 7) is 0. The second-order valence-corrected chi connectivity index (χ2v) is 5.66. The number of hydrogen-bond acceptors (Lipinski definition) is 2. The monoisotopic (exact) mass is 288 g/mol. The van der Waals surface area contributed by atoms with E-state index in [1.165, 1.54) is 15.2 Å². The van der Waals surface area contributed by atoms with Gasteiger partial charge in [-0.15, -0.1) is 0 Å². The van der Waals surface area contributed by atoms with Gasteiger partial charge < -0.3 is 0 Å². The first-order chi connectivity index (χ1) is 11.3. The number of hydrogen-bond donors (Lipinski definition) is 0. The molecule has 0 aliphatic carbocycles. The zero-order chi connectivity index (χ0) is 15.6. The Morgan fingerprint density at radius 1 is 0.696 bits per heavy atom. The van der Waals surface area contributed by atoms with Crippen LogP contribution >= 0.6 is 0 Å². The number of pyridine rings is 2. The van der Waals surface area contributed by atoms with Crippen LogP contribution in [-0.2, 0) is 0 Å². The molecule has 4 aromatic rings. The Balaban J connectivity index is 1.75. The average molecular weight is 288 g/mol. The molecule has 0 aliphatic heterocycles.